The predicted octanol–water partition coefficient (Wildman–Crippen LogP) is 3.59. The van der Waals surface area contributed by atoms with Gasteiger partial charge in [0.05, 0.1) is 15.7 Å². The summed E-state index contributed by atoms with van der Waals surface area (Å²) in [4.78, 5) is 34.4. The first-order chi connectivity index (χ1) is 11.9. The van der Waals surface area contributed by atoms with Gasteiger partial charge in [0.2, 0.25) is 0 Å². The molecule has 0 aliphatic carbocycles. The summed E-state index contributed by atoms with van der Waals surface area (Å²) in [5.41, 5.74) is 1.46. The molecule has 8 heteroatoms. The summed E-state index contributed by atoms with van der Waals surface area (Å²) in [5.74, 6) is -2.64. The van der Waals surface area contributed by atoms with E-state index >= 15 is 0 Å². The Morgan fingerprint density at radius 3 is 2.20 bits per heavy atom. The van der Waals surface area contributed by atoms with Gasteiger partial charge in [0.25, 0.3) is 0 Å². The van der Waals surface area contributed by atoms with Crippen molar-refractivity contribution in [3.05, 3.63) is 58.1 Å². The zero-order valence-corrected chi connectivity index (χ0v) is 14.4. The Morgan fingerprint density at radius 2 is 1.56 bits per heavy atom. The molecule has 3 N–H and O–H groups in total. The topological polar surface area (TPSA) is 95.5 Å². The normalized spacial score (nSPS) is 10.2. The molecule has 2 aromatic carbocycles. The van der Waals surface area contributed by atoms with Gasteiger partial charge in [-0.3, -0.25) is 14.4 Å². The molecule has 0 atom stereocenters. The van der Waals surface area contributed by atoms with Crippen molar-refractivity contribution < 1.29 is 19.5 Å². The van der Waals surface area contributed by atoms with Crippen molar-refractivity contribution in [3.8, 4) is 0 Å². The molecular weight excluding hydrogens is 367 g/mol. The van der Waals surface area contributed by atoms with E-state index in [1.807, 2.05) is 0 Å². The van der Waals surface area contributed by atoms with Crippen molar-refractivity contribution in [2.45, 2.75) is 12.8 Å². The number of hydrogen-bond acceptors (Lipinski definition) is 3. The first-order valence-electron chi connectivity index (χ1n) is 7.24. The maximum atomic E-state index is 11.9. The Hall–Kier alpha value is -2.57. The van der Waals surface area contributed by atoms with Gasteiger partial charge in [-0.05, 0) is 36.2 Å². The third-order valence-electron chi connectivity index (χ3n) is 3.25. The molecule has 130 valence electrons. The van der Waals surface area contributed by atoms with Crippen LogP contribution in [-0.4, -0.2) is 22.9 Å². The van der Waals surface area contributed by atoms with Crippen molar-refractivity contribution in [1.82, 2.24) is 0 Å². The lowest BCUT2D eigenvalue weighted by Crippen LogP contribution is -2.29. The van der Waals surface area contributed by atoms with Crippen LogP contribution in [0.1, 0.15) is 12.0 Å². The highest BCUT2D eigenvalue weighted by Crippen LogP contribution is 2.29. The van der Waals surface area contributed by atoms with Crippen LogP contribution >= 0.6 is 23.2 Å². The minimum Gasteiger partial charge on any atom is -0.481 e. The second kappa shape index (κ2) is 8.50. The predicted molar refractivity (Wildman–Crippen MR) is 96.1 cm³/mol. The lowest BCUT2D eigenvalue weighted by Gasteiger charge is -2.09. The van der Waals surface area contributed by atoms with Crippen molar-refractivity contribution >= 4 is 52.4 Å². The molecule has 0 heterocycles. The summed E-state index contributed by atoms with van der Waals surface area (Å²) in [7, 11) is 0. The van der Waals surface area contributed by atoms with Crippen LogP contribution in [0.4, 0.5) is 11.4 Å². The van der Waals surface area contributed by atoms with Crippen LogP contribution < -0.4 is 10.6 Å². The van der Waals surface area contributed by atoms with Gasteiger partial charge in [-0.1, -0.05) is 41.4 Å². The van der Waals surface area contributed by atoms with Crippen molar-refractivity contribution in [3.63, 3.8) is 0 Å². The third kappa shape index (κ3) is 5.48. The van der Waals surface area contributed by atoms with Crippen molar-refractivity contribution in [2.24, 2.45) is 0 Å². The fraction of sp³-hybridized carbons (Fsp3) is 0.118. The number of rotatable bonds is 5. The van der Waals surface area contributed by atoms with E-state index in [-0.39, 0.29) is 22.2 Å². The standard InChI is InChI=1S/C17H14Cl2N2O4/c18-12-2-1-3-13(15(12)19)21-17(25)16(24)20-11-7-4-10(5-8-11)6-9-14(22)23/h1-5,7-8H,6,9H2,(H,20,24)(H,21,25)(H,22,23). The molecule has 0 fully saturated rings. The minimum atomic E-state index is -0.890. The monoisotopic (exact) mass is 380 g/mol. The maximum absolute atomic E-state index is 11.9. The maximum Gasteiger partial charge on any atom is 0.314 e. The molecule has 6 nitrogen and oxygen atoms in total. The number of aliphatic carboxylic acids is 1. The van der Waals surface area contributed by atoms with Crippen LogP contribution in [0.3, 0.4) is 0 Å². The van der Waals surface area contributed by atoms with Gasteiger partial charge in [0.15, 0.2) is 0 Å². The average Bonchev–Trinajstić information content (AvgIpc) is 2.58. The largest absolute Gasteiger partial charge is 0.481 e. The average molecular weight is 381 g/mol. The third-order valence-corrected chi connectivity index (χ3v) is 4.06. The van der Waals surface area contributed by atoms with E-state index in [4.69, 9.17) is 28.3 Å². The number of hydrogen-bond donors (Lipinski definition) is 3. The fourth-order valence-corrected chi connectivity index (χ4v) is 2.32. The zero-order chi connectivity index (χ0) is 18.4. The van der Waals surface area contributed by atoms with Crippen LogP contribution in [0.5, 0.6) is 0 Å². The zero-order valence-electron chi connectivity index (χ0n) is 12.9. The summed E-state index contributed by atoms with van der Waals surface area (Å²) < 4.78 is 0. The number of aryl methyl sites for hydroxylation is 1. The summed E-state index contributed by atoms with van der Waals surface area (Å²) in [6.07, 6.45) is 0.409. The van der Waals surface area contributed by atoms with E-state index in [1.165, 1.54) is 6.07 Å². The number of carboxylic acids is 1. The highest BCUT2D eigenvalue weighted by atomic mass is 35.5. The molecule has 2 aromatic rings. The van der Waals surface area contributed by atoms with Gasteiger partial charge < -0.3 is 15.7 Å². The molecule has 0 aliphatic rings. The number of benzene rings is 2. The molecular formula is C17H14Cl2N2O4. The fourth-order valence-electron chi connectivity index (χ4n) is 1.97. The number of carbonyl (C=O) groups excluding carboxylic acids is 2. The number of carboxylic acid groups (broad SMARTS) is 1. The molecule has 0 bridgehead atoms. The summed E-state index contributed by atoms with van der Waals surface area (Å²) >= 11 is 11.8. The Morgan fingerprint density at radius 1 is 0.920 bits per heavy atom. The second-order valence-electron chi connectivity index (χ2n) is 5.10. The van der Waals surface area contributed by atoms with E-state index in [1.54, 1.807) is 36.4 Å². The van der Waals surface area contributed by atoms with Crippen molar-refractivity contribution in [2.75, 3.05) is 10.6 Å². The van der Waals surface area contributed by atoms with Gasteiger partial charge in [0.1, 0.15) is 0 Å². The van der Waals surface area contributed by atoms with Gasteiger partial charge >= 0.3 is 17.8 Å². The van der Waals surface area contributed by atoms with Crippen LogP contribution in [0.25, 0.3) is 0 Å². The Kier molecular flexibility index (Phi) is 6.38. The molecule has 0 unspecified atom stereocenters. The quantitative estimate of drug-likeness (QED) is 0.690. The number of carbonyl (C=O) groups is 3. The van der Waals surface area contributed by atoms with Gasteiger partial charge in [-0.2, -0.15) is 0 Å². The highest BCUT2D eigenvalue weighted by molar-refractivity contribution is 6.47. The Balaban J connectivity index is 1.95. The van der Waals surface area contributed by atoms with Crippen LogP contribution in [0.15, 0.2) is 42.5 Å². The molecule has 0 saturated heterocycles. The van der Waals surface area contributed by atoms with E-state index in [0.29, 0.717) is 12.1 Å². The first-order valence-corrected chi connectivity index (χ1v) is 7.99. The Bertz CT molecular complexity index is 807. The molecule has 25 heavy (non-hydrogen) atoms. The van der Waals surface area contributed by atoms with Crippen LogP contribution in [0, 0.1) is 0 Å². The first kappa shape index (κ1) is 18.8. The summed E-state index contributed by atoms with van der Waals surface area (Å²) in [5, 5.41) is 13.9. The lowest BCUT2D eigenvalue weighted by molar-refractivity contribution is -0.137. The molecule has 0 aromatic heterocycles. The summed E-state index contributed by atoms with van der Waals surface area (Å²) in [6, 6.07) is 11.2. The second-order valence-corrected chi connectivity index (χ2v) is 5.89. The van der Waals surface area contributed by atoms with Crippen molar-refractivity contribution in [1.29, 1.82) is 0 Å². The van der Waals surface area contributed by atoms with E-state index in [2.05, 4.69) is 10.6 Å². The minimum absolute atomic E-state index is 0.0223. The Labute approximate surface area is 153 Å². The molecule has 2 rings (SSSR count). The molecule has 2 amide bonds. The number of halogens is 2. The number of nitrogens with one attached hydrogen (secondary N) is 2. The SMILES string of the molecule is O=C(O)CCc1ccc(NC(=O)C(=O)Nc2cccc(Cl)c2Cl)cc1. The molecule has 0 spiro atoms. The summed E-state index contributed by atoms with van der Waals surface area (Å²) in [6.45, 7) is 0. The molecule has 0 saturated carbocycles. The molecule has 0 radical (unpaired) electrons. The number of amides is 2. The van der Waals surface area contributed by atoms with Gasteiger partial charge in [-0.15, -0.1) is 0 Å². The number of anilines is 2. The van der Waals surface area contributed by atoms with Gasteiger partial charge in [-0.25, -0.2) is 0 Å². The van der Waals surface area contributed by atoms with Crippen LogP contribution in [0.2, 0.25) is 10.0 Å². The lowest BCUT2D eigenvalue weighted by atomic mass is 10.1. The van der Waals surface area contributed by atoms with Crippen LogP contribution in [-0.2, 0) is 20.8 Å². The van der Waals surface area contributed by atoms with Gasteiger partial charge in [0, 0.05) is 12.1 Å². The van der Waals surface area contributed by atoms with E-state index < -0.39 is 17.8 Å². The van der Waals surface area contributed by atoms with E-state index in [9.17, 15) is 14.4 Å². The smallest absolute Gasteiger partial charge is 0.314 e. The van der Waals surface area contributed by atoms with E-state index in [0.717, 1.165) is 5.56 Å². The molecule has 0 aliphatic heterocycles. The highest BCUT2D eigenvalue weighted by Gasteiger charge is 2.16.